The first-order valence-corrected chi connectivity index (χ1v) is 5.76. The number of benzene rings is 1. The maximum atomic E-state index is 13.6. The molecule has 0 atom stereocenters. The number of rotatable bonds is 4. The molecule has 0 spiro atoms. The van der Waals surface area contributed by atoms with E-state index in [0.29, 0.717) is 17.0 Å². The summed E-state index contributed by atoms with van der Waals surface area (Å²) in [6.45, 7) is 2.11. The lowest BCUT2D eigenvalue weighted by Gasteiger charge is -2.06. The van der Waals surface area contributed by atoms with Gasteiger partial charge in [-0.3, -0.25) is 0 Å². The number of carbonyl (C=O) groups excluding carboxylic acids is 1. The van der Waals surface area contributed by atoms with E-state index in [-0.39, 0.29) is 12.4 Å². The maximum Gasteiger partial charge on any atom is 0.341 e. The second-order valence-corrected chi connectivity index (χ2v) is 4.13. The van der Waals surface area contributed by atoms with Gasteiger partial charge in [-0.1, -0.05) is 6.07 Å². The highest BCUT2D eigenvalue weighted by Gasteiger charge is 2.10. The summed E-state index contributed by atoms with van der Waals surface area (Å²) in [6.07, 6.45) is 1.31. The zero-order chi connectivity index (χ0) is 13.8. The predicted octanol–water partition coefficient (Wildman–Crippen LogP) is 3.13. The van der Waals surface area contributed by atoms with Crippen LogP contribution in [-0.2, 0) is 11.3 Å². The fourth-order valence-electron chi connectivity index (χ4n) is 1.64. The van der Waals surface area contributed by atoms with Crippen LogP contribution in [0.5, 0.6) is 0 Å². The molecular weight excluding hydrogens is 249 g/mol. The van der Waals surface area contributed by atoms with Gasteiger partial charge in [0.15, 0.2) is 0 Å². The first kappa shape index (κ1) is 13.1. The number of furan rings is 1. The highest BCUT2D eigenvalue weighted by Crippen LogP contribution is 2.17. The Labute approximate surface area is 110 Å². The Hall–Kier alpha value is -2.30. The molecule has 0 fully saturated rings. The van der Waals surface area contributed by atoms with Crippen LogP contribution in [0.2, 0.25) is 0 Å². The van der Waals surface area contributed by atoms with Crippen LogP contribution in [0.1, 0.15) is 21.7 Å². The molecule has 0 aliphatic rings. The van der Waals surface area contributed by atoms with Gasteiger partial charge in [0, 0.05) is 0 Å². The molecule has 19 heavy (non-hydrogen) atoms. The normalized spacial score (nSPS) is 10.3. The van der Waals surface area contributed by atoms with Crippen molar-refractivity contribution >= 4 is 11.7 Å². The minimum atomic E-state index is -0.462. The number of methoxy groups -OCH3 is 1. The summed E-state index contributed by atoms with van der Waals surface area (Å²) in [6, 6.07) is 6.48. The van der Waals surface area contributed by atoms with Crippen molar-refractivity contribution in [1.82, 2.24) is 0 Å². The summed E-state index contributed by atoms with van der Waals surface area (Å²) in [5.41, 5.74) is 1.58. The quantitative estimate of drug-likeness (QED) is 0.861. The molecule has 2 rings (SSSR count). The van der Waals surface area contributed by atoms with E-state index in [0.717, 1.165) is 5.56 Å². The third kappa shape index (κ3) is 3.13. The molecule has 100 valence electrons. The summed E-state index contributed by atoms with van der Waals surface area (Å²) in [7, 11) is 1.30. The molecule has 0 saturated carbocycles. The van der Waals surface area contributed by atoms with Gasteiger partial charge in [-0.15, -0.1) is 0 Å². The van der Waals surface area contributed by atoms with Crippen molar-refractivity contribution in [2.45, 2.75) is 13.5 Å². The Balaban J connectivity index is 2.02. The number of aryl methyl sites for hydroxylation is 1. The Kier molecular flexibility index (Phi) is 3.85. The zero-order valence-electron chi connectivity index (χ0n) is 10.7. The molecule has 1 heterocycles. The molecule has 0 saturated heterocycles. The number of carbonyl (C=O) groups is 1. The third-order valence-electron chi connectivity index (χ3n) is 2.65. The summed E-state index contributed by atoms with van der Waals surface area (Å²) >= 11 is 0. The Morgan fingerprint density at radius 2 is 2.21 bits per heavy atom. The first-order valence-electron chi connectivity index (χ1n) is 5.76. The minimum Gasteiger partial charge on any atom is -0.467 e. The Morgan fingerprint density at radius 3 is 2.89 bits per heavy atom. The fraction of sp³-hybridized carbons (Fsp3) is 0.214. The Bertz CT molecular complexity index is 592. The number of nitrogens with one attached hydrogen (secondary N) is 1. The second kappa shape index (κ2) is 5.56. The van der Waals surface area contributed by atoms with Crippen LogP contribution in [0.4, 0.5) is 10.1 Å². The molecule has 0 bridgehead atoms. The number of hydrogen-bond donors (Lipinski definition) is 1. The zero-order valence-corrected chi connectivity index (χ0v) is 10.7. The monoisotopic (exact) mass is 263 g/mol. The molecule has 0 aliphatic carbocycles. The topological polar surface area (TPSA) is 51.5 Å². The number of hydrogen-bond acceptors (Lipinski definition) is 4. The van der Waals surface area contributed by atoms with Gasteiger partial charge in [-0.05, 0) is 30.7 Å². The number of esters is 1. The maximum absolute atomic E-state index is 13.6. The lowest BCUT2D eigenvalue weighted by atomic mass is 10.2. The molecule has 1 aromatic carbocycles. The molecule has 4 nitrogen and oxygen atoms in total. The number of halogens is 1. The van der Waals surface area contributed by atoms with Gasteiger partial charge in [0.25, 0.3) is 0 Å². The van der Waals surface area contributed by atoms with Crippen molar-refractivity contribution in [2.24, 2.45) is 0 Å². The van der Waals surface area contributed by atoms with Gasteiger partial charge < -0.3 is 14.5 Å². The molecule has 2 aromatic rings. The second-order valence-electron chi connectivity index (χ2n) is 4.13. The van der Waals surface area contributed by atoms with Crippen molar-refractivity contribution in [1.29, 1.82) is 0 Å². The third-order valence-corrected chi connectivity index (χ3v) is 2.65. The van der Waals surface area contributed by atoms with Crippen molar-refractivity contribution < 1.29 is 18.3 Å². The number of ether oxygens (including phenoxy) is 1. The van der Waals surface area contributed by atoms with Gasteiger partial charge in [-0.25, -0.2) is 9.18 Å². The SMILES string of the molecule is COC(=O)c1coc(CNc2ccc(C)cc2F)c1. The predicted molar refractivity (Wildman–Crippen MR) is 68.5 cm³/mol. The highest BCUT2D eigenvalue weighted by molar-refractivity contribution is 5.88. The molecule has 1 N–H and O–H groups in total. The van der Waals surface area contributed by atoms with Gasteiger partial charge >= 0.3 is 5.97 Å². The highest BCUT2D eigenvalue weighted by atomic mass is 19.1. The van der Waals surface area contributed by atoms with E-state index in [1.165, 1.54) is 19.4 Å². The fourth-order valence-corrected chi connectivity index (χ4v) is 1.64. The van der Waals surface area contributed by atoms with E-state index in [9.17, 15) is 9.18 Å². The molecule has 1 aromatic heterocycles. The smallest absolute Gasteiger partial charge is 0.341 e. The molecular formula is C14H14FNO3. The van der Waals surface area contributed by atoms with E-state index in [4.69, 9.17) is 4.42 Å². The van der Waals surface area contributed by atoms with E-state index >= 15 is 0 Å². The van der Waals surface area contributed by atoms with E-state index in [1.807, 2.05) is 13.0 Å². The van der Waals surface area contributed by atoms with Crippen LogP contribution in [0.3, 0.4) is 0 Å². The average Bonchev–Trinajstić information content (AvgIpc) is 2.85. The standard InChI is InChI=1S/C14H14FNO3/c1-9-3-4-13(12(15)5-9)16-7-11-6-10(8-19-11)14(17)18-2/h3-6,8,16H,7H2,1-2H3. The van der Waals surface area contributed by atoms with Gasteiger partial charge in [0.1, 0.15) is 17.8 Å². The van der Waals surface area contributed by atoms with Crippen molar-refractivity contribution in [3.63, 3.8) is 0 Å². The first-order chi connectivity index (χ1) is 9.10. The molecule has 0 radical (unpaired) electrons. The summed E-state index contributed by atoms with van der Waals surface area (Å²) in [5.74, 6) is -0.253. The van der Waals surface area contributed by atoms with Crippen molar-refractivity contribution in [3.8, 4) is 0 Å². The van der Waals surface area contributed by atoms with Crippen LogP contribution < -0.4 is 5.32 Å². The van der Waals surface area contributed by atoms with E-state index in [2.05, 4.69) is 10.1 Å². The van der Waals surface area contributed by atoms with E-state index in [1.54, 1.807) is 12.1 Å². The average molecular weight is 263 g/mol. The van der Waals surface area contributed by atoms with Gasteiger partial charge in [-0.2, -0.15) is 0 Å². The summed E-state index contributed by atoms with van der Waals surface area (Å²) in [5, 5.41) is 2.91. The summed E-state index contributed by atoms with van der Waals surface area (Å²) < 4.78 is 23.3. The van der Waals surface area contributed by atoms with Crippen LogP contribution in [0.15, 0.2) is 34.9 Å². The summed E-state index contributed by atoms with van der Waals surface area (Å²) in [4.78, 5) is 11.2. The Morgan fingerprint density at radius 1 is 1.42 bits per heavy atom. The molecule has 0 aliphatic heterocycles. The van der Waals surface area contributed by atoms with Crippen LogP contribution in [-0.4, -0.2) is 13.1 Å². The van der Waals surface area contributed by atoms with Crippen LogP contribution in [0, 0.1) is 12.7 Å². The molecule has 0 amide bonds. The van der Waals surface area contributed by atoms with E-state index < -0.39 is 5.97 Å². The minimum absolute atomic E-state index is 0.289. The molecule has 5 heteroatoms. The molecule has 0 unspecified atom stereocenters. The number of anilines is 1. The van der Waals surface area contributed by atoms with Crippen molar-refractivity contribution in [3.05, 3.63) is 53.2 Å². The van der Waals surface area contributed by atoms with Crippen LogP contribution in [0.25, 0.3) is 0 Å². The van der Waals surface area contributed by atoms with Gasteiger partial charge in [0.2, 0.25) is 0 Å². The lowest BCUT2D eigenvalue weighted by molar-refractivity contribution is 0.0600. The van der Waals surface area contributed by atoms with Gasteiger partial charge in [0.05, 0.1) is 24.9 Å². The lowest BCUT2D eigenvalue weighted by Crippen LogP contribution is -2.01. The van der Waals surface area contributed by atoms with Crippen LogP contribution >= 0.6 is 0 Å². The van der Waals surface area contributed by atoms with Crippen molar-refractivity contribution in [2.75, 3.05) is 12.4 Å². The largest absolute Gasteiger partial charge is 0.467 e.